The molecule has 0 atom stereocenters. The highest BCUT2D eigenvalue weighted by molar-refractivity contribution is 7.21. The highest BCUT2D eigenvalue weighted by Gasteiger charge is 2.13. The van der Waals surface area contributed by atoms with Crippen molar-refractivity contribution in [2.75, 3.05) is 11.9 Å². The summed E-state index contributed by atoms with van der Waals surface area (Å²) in [6.07, 6.45) is 0.968. The van der Waals surface area contributed by atoms with Crippen molar-refractivity contribution < 1.29 is 4.74 Å². The highest BCUT2D eigenvalue weighted by atomic mass is 32.1. The molecule has 0 unspecified atom stereocenters. The van der Waals surface area contributed by atoms with Gasteiger partial charge in [0.15, 0.2) is 0 Å². The van der Waals surface area contributed by atoms with Gasteiger partial charge in [-0.1, -0.05) is 49.4 Å². The van der Waals surface area contributed by atoms with Crippen LogP contribution in [0.2, 0.25) is 0 Å². The normalized spacial score (nSPS) is 10.9. The van der Waals surface area contributed by atoms with Gasteiger partial charge in [0.25, 0.3) is 0 Å². The van der Waals surface area contributed by atoms with Gasteiger partial charge < -0.3 is 10.1 Å². The zero-order valence-corrected chi connectivity index (χ0v) is 16.2. The first-order valence-electron chi connectivity index (χ1n) is 9.07. The van der Waals surface area contributed by atoms with Crippen LogP contribution in [0.15, 0.2) is 60.7 Å². The number of hydrogen-bond acceptors (Lipinski definition) is 5. The summed E-state index contributed by atoms with van der Waals surface area (Å²) in [4.78, 5) is 11.5. The second kappa shape index (κ2) is 7.76. The van der Waals surface area contributed by atoms with Crippen LogP contribution in [0.25, 0.3) is 20.7 Å². The largest absolute Gasteiger partial charge is 0.491 e. The lowest BCUT2D eigenvalue weighted by molar-refractivity contribution is 0.319. The van der Waals surface area contributed by atoms with Crippen LogP contribution < -0.4 is 10.1 Å². The van der Waals surface area contributed by atoms with E-state index in [1.807, 2.05) is 37.3 Å². The third-order valence-corrected chi connectivity index (χ3v) is 5.24. The van der Waals surface area contributed by atoms with E-state index in [2.05, 4.69) is 52.5 Å². The fraction of sp³-hybridized carbons (Fsp3) is 0.182. The molecular weight excluding hydrogens is 354 g/mol. The summed E-state index contributed by atoms with van der Waals surface area (Å²) in [7, 11) is 0. The molecular formula is C22H21N3OS. The van der Waals surface area contributed by atoms with Gasteiger partial charge in [0.2, 0.25) is 0 Å². The van der Waals surface area contributed by atoms with E-state index in [9.17, 15) is 0 Å². The second-order valence-electron chi connectivity index (χ2n) is 6.28. The molecule has 27 heavy (non-hydrogen) atoms. The van der Waals surface area contributed by atoms with Crippen molar-refractivity contribution in [3.05, 3.63) is 66.5 Å². The summed E-state index contributed by atoms with van der Waals surface area (Å²) in [6.45, 7) is 4.71. The standard InChI is InChI=1S/C22H21N3OS/c1-3-13-26-19-12-8-7-11-18(19)25-21-17-14-20(16-9-5-4-6-10-16)27-22(17)24-15(2)23-21/h4-12,14H,3,13H2,1-2H3,(H,23,24,25). The number of hydrogen-bond donors (Lipinski definition) is 1. The van der Waals surface area contributed by atoms with Crippen molar-refractivity contribution in [1.29, 1.82) is 0 Å². The highest BCUT2D eigenvalue weighted by Crippen LogP contribution is 2.37. The second-order valence-corrected chi connectivity index (χ2v) is 7.32. The van der Waals surface area contributed by atoms with E-state index in [1.54, 1.807) is 11.3 Å². The molecule has 0 saturated heterocycles. The zero-order valence-electron chi connectivity index (χ0n) is 15.4. The van der Waals surface area contributed by atoms with Crippen molar-refractivity contribution in [2.45, 2.75) is 20.3 Å². The quantitative estimate of drug-likeness (QED) is 0.436. The lowest BCUT2D eigenvalue weighted by atomic mass is 10.2. The molecule has 4 aromatic rings. The Labute approximate surface area is 162 Å². The molecule has 4 rings (SSSR count). The Kier molecular flexibility index (Phi) is 5.03. The number of fused-ring (bicyclic) bond motifs is 1. The van der Waals surface area contributed by atoms with E-state index >= 15 is 0 Å². The molecule has 0 aliphatic carbocycles. The Morgan fingerprint density at radius 2 is 1.78 bits per heavy atom. The molecule has 5 heteroatoms. The van der Waals surface area contributed by atoms with Crippen LogP contribution in [-0.4, -0.2) is 16.6 Å². The number of nitrogens with one attached hydrogen (secondary N) is 1. The first kappa shape index (κ1) is 17.5. The minimum absolute atomic E-state index is 0.688. The van der Waals surface area contributed by atoms with E-state index in [-0.39, 0.29) is 0 Å². The van der Waals surface area contributed by atoms with E-state index < -0.39 is 0 Å². The van der Waals surface area contributed by atoms with Gasteiger partial charge >= 0.3 is 0 Å². The Morgan fingerprint density at radius 3 is 2.59 bits per heavy atom. The van der Waals surface area contributed by atoms with Crippen molar-refractivity contribution in [3.63, 3.8) is 0 Å². The number of ether oxygens (including phenoxy) is 1. The molecule has 0 radical (unpaired) electrons. The van der Waals surface area contributed by atoms with Gasteiger partial charge in [-0.05, 0) is 37.1 Å². The molecule has 0 bridgehead atoms. The van der Waals surface area contributed by atoms with Gasteiger partial charge in [0.1, 0.15) is 22.2 Å². The first-order chi connectivity index (χ1) is 13.2. The molecule has 2 heterocycles. The topological polar surface area (TPSA) is 47.0 Å². The Morgan fingerprint density at radius 1 is 1.00 bits per heavy atom. The van der Waals surface area contributed by atoms with Crippen LogP contribution in [-0.2, 0) is 0 Å². The first-order valence-corrected chi connectivity index (χ1v) is 9.88. The summed E-state index contributed by atoms with van der Waals surface area (Å²) >= 11 is 1.68. The molecule has 0 fully saturated rings. The molecule has 0 aliphatic heterocycles. The summed E-state index contributed by atoms with van der Waals surface area (Å²) in [5.74, 6) is 2.39. The van der Waals surface area contributed by atoms with Crippen LogP contribution >= 0.6 is 11.3 Å². The molecule has 2 aromatic carbocycles. The van der Waals surface area contributed by atoms with Crippen molar-refractivity contribution in [1.82, 2.24) is 9.97 Å². The fourth-order valence-corrected chi connectivity index (χ4v) is 3.99. The summed E-state index contributed by atoms with van der Waals surface area (Å²) < 4.78 is 5.87. The molecule has 0 amide bonds. The number of benzene rings is 2. The lowest BCUT2D eigenvalue weighted by Gasteiger charge is -2.13. The minimum atomic E-state index is 0.688. The predicted molar refractivity (Wildman–Crippen MR) is 113 cm³/mol. The minimum Gasteiger partial charge on any atom is -0.491 e. The molecule has 0 spiro atoms. The average molecular weight is 375 g/mol. The van der Waals surface area contributed by atoms with Gasteiger partial charge in [-0.15, -0.1) is 11.3 Å². The number of aryl methyl sites for hydroxylation is 1. The molecule has 1 N–H and O–H groups in total. The number of anilines is 2. The number of thiophene rings is 1. The molecule has 0 aliphatic rings. The van der Waals surface area contributed by atoms with Gasteiger partial charge in [-0.25, -0.2) is 9.97 Å². The third-order valence-electron chi connectivity index (χ3n) is 4.16. The van der Waals surface area contributed by atoms with Crippen molar-refractivity contribution in [2.24, 2.45) is 0 Å². The maximum Gasteiger partial charge on any atom is 0.143 e. The van der Waals surface area contributed by atoms with Crippen molar-refractivity contribution in [3.8, 4) is 16.2 Å². The zero-order chi connectivity index (χ0) is 18.6. The molecule has 0 saturated carbocycles. The van der Waals surface area contributed by atoms with Crippen LogP contribution in [0.3, 0.4) is 0 Å². The van der Waals surface area contributed by atoms with E-state index in [0.717, 1.165) is 39.7 Å². The Bertz CT molecular complexity index is 1060. The van der Waals surface area contributed by atoms with Gasteiger partial charge in [-0.3, -0.25) is 0 Å². The number of para-hydroxylation sites is 2. The smallest absolute Gasteiger partial charge is 0.143 e. The SMILES string of the molecule is CCCOc1ccccc1Nc1nc(C)nc2sc(-c3ccccc3)cc12. The van der Waals surface area contributed by atoms with Crippen LogP contribution in [0, 0.1) is 6.92 Å². The maximum atomic E-state index is 5.87. The van der Waals surface area contributed by atoms with Gasteiger partial charge in [-0.2, -0.15) is 0 Å². The van der Waals surface area contributed by atoms with Crippen LogP contribution in [0.4, 0.5) is 11.5 Å². The van der Waals surface area contributed by atoms with E-state index in [1.165, 1.54) is 10.4 Å². The van der Waals surface area contributed by atoms with Crippen LogP contribution in [0.5, 0.6) is 5.75 Å². The number of nitrogens with zero attached hydrogens (tertiary/aromatic N) is 2. The van der Waals surface area contributed by atoms with Gasteiger partial charge in [0.05, 0.1) is 17.7 Å². The lowest BCUT2D eigenvalue weighted by Crippen LogP contribution is -2.01. The fourth-order valence-electron chi connectivity index (χ4n) is 2.90. The van der Waals surface area contributed by atoms with E-state index in [0.29, 0.717) is 6.61 Å². The van der Waals surface area contributed by atoms with E-state index in [4.69, 9.17) is 4.74 Å². The monoisotopic (exact) mass is 375 g/mol. The molecule has 136 valence electrons. The molecule has 2 aromatic heterocycles. The summed E-state index contributed by atoms with van der Waals surface area (Å²) in [5, 5.41) is 4.48. The Hall–Kier alpha value is -2.92. The summed E-state index contributed by atoms with van der Waals surface area (Å²) in [6, 6.07) is 20.5. The molecule has 4 nitrogen and oxygen atoms in total. The maximum absolute atomic E-state index is 5.87. The number of aromatic nitrogens is 2. The van der Waals surface area contributed by atoms with Crippen molar-refractivity contribution >= 4 is 33.1 Å². The average Bonchev–Trinajstić information content (AvgIpc) is 3.12. The van der Waals surface area contributed by atoms with Gasteiger partial charge in [0, 0.05) is 4.88 Å². The third kappa shape index (κ3) is 3.78. The summed E-state index contributed by atoms with van der Waals surface area (Å²) in [5.41, 5.74) is 2.11. The van der Waals surface area contributed by atoms with Crippen LogP contribution in [0.1, 0.15) is 19.2 Å². The predicted octanol–water partition coefficient (Wildman–Crippen LogP) is 6.20. The Balaban J connectivity index is 1.75. The number of rotatable bonds is 6.